The quantitative estimate of drug-likeness (QED) is 0.671. The fourth-order valence-corrected chi connectivity index (χ4v) is 2.45. The molecule has 6 nitrogen and oxygen atoms in total. The third kappa shape index (κ3) is 3.42. The molecule has 0 spiro atoms. The summed E-state index contributed by atoms with van der Waals surface area (Å²) in [5.74, 6) is -0.793. The second kappa shape index (κ2) is 6.39. The topological polar surface area (TPSA) is 91.7 Å². The van der Waals surface area contributed by atoms with Gasteiger partial charge in [-0.1, -0.05) is 6.07 Å². The van der Waals surface area contributed by atoms with Crippen LogP contribution in [0.3, 0.4) is 0 Å². The number of carbonyl (C=O) groups excluding carboxylic acids is 1. The molecule has 0 unspecified atom stereocenters. The van der Waals surface area contributed by atoms with E-state index in [1.165, 1.54) is 12.1 Å². The lowest BCUT2D eigenvalue weighted by atomic mass is 10.1. The van der Waals surface area contributed by atoms with Gasteiger partial charge in [-0.05, 0) is 35.9 Å². The first-order chi connectivity index (χ1) is 11.1. The lowest BCUT2D eigenvalue weighted by molar-refractivity contribution is -0.118. The normalized spacial score (nSPS) is 15.8. The molecule has 1 aliphatic carbocycles. The van der Waals surface area contributed by atoms with Gasteiger partial charge in [0, 0.05) is 25.5 Å². The van der Waals surface area contributed by atoms with E-state index in [1.807, 2.05) is 12.1 Å². The third-order valence-corrected chi connectivity index (χ3v) is 3.64. The molecule has 0 saturated carbocycles. The minimum absolute atomic E-state index is 0.176. The number of Topliss-reactive ketones (excluding diaryl/α,β-unsaturated/α-hetero) is 1. The Kier molecular flexibility index (Phi) is 4.14. The van der Waals surface area contributed by atoms with Crippen molar-refractivity contribution in [1.29, 1.82) is 0 Å². The Morgan fingerprint density at radius 3 is 2.70 bits per heavy atom. The summed E-state index contributed by atoms with van der Waals surface area (Å²) in [5.41, 5.74) is 6.16. The maximum atomic E-state index is 11.8. The minimum Gasteiger partial charge on any atom is -0.478 e. The summed E-state index contributed by atoms with van der Waals surface area (Å²) in [5, 5.41) is 13.3. The van der Waals surface area contributed by atoms with E-state index in [2.05, 4.69) is 15.5 Å². The first-order valence-corrected chi connectivity index (χ1v) is 7.25. The average molecular weight is 309 g/mol. The number of ketones is 1. The molecule has 1 aliphatic rings. The second-order valence-corrected chi connectivity index (χ2v) is 5.28. The number of nitrogens with one attached hydrogen (secondary N) is 1. The van der Waals surface area contributed by atoms with Crippen molar-refractivity contribution in [2.45, 2.75) is 19.3 Å². The van der Waals surface area contributed by atoms with E-state index in [1.54, 1.807) is 18.3 Å². The van der Waals surface area contributed by atoms with Gasteiger partial charge in [-0.2, -0.15) is 5.10 Å². The highest BCUT2D eigenvalue weighted by molar-refractivity contribution is 6.05. The van der Waals surface area contributed by atoms with Gasteiger partial charge in [0.15, 0.2) is 0 Å². The van der Waals surface area contributed by atoms with Gasteiger partial charge in [0.25, 0.3) is 0 Å². The molecular formula is C17H15N3O3. The van der Waals surface area contributed by atoms with Crippen LogP contribution in [-0.4, -0.2) is 27.6 Å². The average Bonchev–Trinajstić information content (AvgIpc) is 2.71. The van der Waals surface area contributed by atoms with Crippen LogP contribution in [0.4, 0.5) is 5.69 Å². The number of hydrogen-bond acceptors (Lipinski definition) is 5. The first kappa shape index (κ1) is 14.9. The van der Waals surface area contributed by atoms with E-state index in [-0.39, 0.29) is 11.3 Å². The number of carbonyl (C=O) groups is 2. The fourth-order valence-electron chi connectivity index (χ4n) is 2.45. The number of rotatable bonds is 3. The first-order valence-electron chi connectivity index (χ1n) is 7.25. The van der Waals surface area contributed by atoms with Crippen molar-refractivity contribution in [2.75, 3.05) is 5.43 Å². The Hall–Kier alpha value is -3.02. The zero-order valence-electron chi connectivity index (χ0n) is 12.3. The van der Waals surface area contributed by atoms with Gasteiger partial charge < -0.3 is 5.11 Å². The van der Waals surface area contributed by atoms with Crippen LogP contribution >= 0.6 is 0 Å². The zero-order chi connectivity index (χ0) is 16.2. The largest absolute Gasteiger partial charge is 0.478 e. The third-order valence-electron chi connectivity index (χ3n) is 3.64. The van der Waals surface area contributed by atoms with Crippen molar-refractivity contribution in [2.24, 2.45) is 5.10 Å². The molecule has 3 rings (SSSR count). The summed E-state index contributed by atoms with van der Waals surface area (Å²) in [7, 11) is 0. The number of hydrogen-bond donors (Lipinski definition) is 2. The van der Waals surface area contributed by atoms with Crippen molar-refractivity contribution in [3.63, 3.8) is 0 Å². The Morgan fingerprint density at radius 2 is 1.96 bits per heavy atom. The van der Waals surface area contributed by atoms with Crippen LogP contribution in [0.25, 0.3) is 0 Å². The molecular weight excluding hydrogens is 294 g/mol. The van der Waals surface area contributed by atoms with Gasteiger partial charge in [0.05, 0.1) is 22.7 Å². The summed E-state index contributed by atoms with van der Waals surface area (Å²) in [6.45, 7) is 0. The van der Waals surface area contributed by atoms with Gasteiger partial charge in [-0.15, -0.1) is 0 Å². The maximum absolute atomic E-state index is 11.8. The van der Waals surface area contributed by atoms with Gasteiger partial charge >= 0.3 is 5.97 Å². The van der Waals surface area contributed by atoms with Gasteiger partial charge in [-0.3, -0.25) is 15.2 Å². The molecule has 2 N–H and O–H groups in total. The molecule has 6 heteroatoms. The molecule has 1 aromatic heterocycles. The number of pyridine rings is 1. The summed E-state index contributed by atoms with van der Waals surface area (Å²) in [6.07, 6.45) is 3.04. The Balaban J connectivity index is 1.84. The van der Waals surface area contributed by atoms with E-state index in [4.69, 9.17) is 5.11 Å². The molecule has 0 aliphatic heterocycles. The Bertz CT molecular complexity index is 782. The van der Waals surface area contributed by atoms with Gasteiger partial charge in [0.1, 0.15) is 5.78 Å². The molecule has 2 aromatic rings. The summed E-state index contributed by atoms with van der Waals surface area (Å²) in [4.78, 5) is 27.0. The minimum atomic E-state index is -0.969. The molecule has 1 aromatic carbocycles. The number of nitrogens with zero attached hydrogens (tertiary/aromatic N) is 2. The van der Waals surface area contributed by atoms with Crippen LogP contribution in [-0.2, 0) is 11.2 Å². The number of carboxylic acids is 1. The van der Waals surface area contributed by atoms with Crippen molar-refractivity contribution in [3.8, 4) is 0 Å². The predicted molar refractivity (Wildman–Crippen MR) is 85.7 cm³/mol. The van der Waals surface area contributed by atoms with E-state index < -0.39 is 5.97 Å². The molecule has 0 radical (unpaired) electrons. The fraction of sp³-hybridized carbons (Fsp3) is 0.176. The molecule has 0 saturated heterocycles. The van der Waals surface area contributed by atoms with Crippen LogP contribution < -0.4 is 5.43 Å². The van der Waals surface area contributed by atoms with Crippen LogP contribution in [0.1, 0.15) is 34.5 Å². The highest BCUT2D eigenvalue weighted by Gasteiger charge is 2.19. The molecule has 0 fully saturated rings. The number of aromatic nitrogens is 1. The predicted octanol–water partition coefficient (Wildman–Crippen LogP) is 2.50. The molecule has 1 heterocycles. The number of carboxylic acid groups (broad SMARTS) is 1. The lowest BCUT2D eigenvalue weighted by Gasteiger charge is -2.07. The molecule has 116 valence electrons. The number of fused-ring (bicyclic) bond motifs is 1. The summed E-state index contributed by atoms with van der Waals surface area (Å²) < 4.78 is 0. The number of anilines is 1. The SMILES string of the molecule is O=C1CCC(=NNc2ccc(C(=O)O)cc2)c2ncccc2C1. The van der Waals surface area contributed by atoms with Crippen LogP contribution in [0, 0.1) is 0 Å². The van der Waals surface area contributed by atoms with Crippen molar-refractivity contribution >= 4 is 23.2 Å². The summed E-state index contributed by atoms with van der Waals surface area (Å²) in [6, 6.07) is 10.0. The van der Waals surface area contributed by atoms with Crippen LogP contribution in [0.15, 0.2) is 47.7 Å². The van der Waals surface area contributed by atoms with Gasteiger partial charge in [0.2, 0.25) is 0 Å². The summed E-state index contributed by atoms with van der Waals surface area (Å²) >= 11 is 0. The van der Waals surface area contributed by atoms with Crippen LogP contribution in [0.5, 0.6) is 0 Å². The van der Waals surface area contributed by atoms with Crippen molar-refractivity contribution in [1.82, 2.24) is 4.98 Å². The van der Waals surface area contributed by atoms with E-state index in [0.29, 0.717) is 24.9 Å². The molecule has 23 heavy (non-hydrogen) atoms. The highest BCUT2D eigenvalue weighted by atomic mass is 16.4. The van der Waals surface area contributed by atoms with Crippen molar-refractivity contribution in [3.05, 3.63) is 59.4 Å². The highest BCUT2D eigenvalue weighted by Crippen LogP contribution is 2.18. The van der Waals surface area contributed by atoms with Crippen LogP contribution in [0.2, 0.25) is 0 Å². The molecule has 0 amide bonds. The maximum Gasteiger partial charge on any atom is 0.335 e. The number of benzene rings is 1. The van der Waals surface area contributed by atoms with E-state index in [9.17, 15) is 9.59 Å². The van der Waals surface area contributed by atoms with E-state index >= 15 is 0 Å². The smallest absolute Gasteiger partial charge is 0.335 e. The zero-order valence-corrected chi connectivity index (χ0v) is 12.3. The Morgan fingerprint density at radius 1 is 1.17 bits per heavy atom. The Labute approximate surface area is 132 Å². The second-order valence-electron chi connectivity index (χ2n) is 5.28. The number of aromatic carboxylic acids is 1. The monoisotopic (exact) mass is 309 g/mol. The number of hydrazone groups is 1. The van der Waals surface area contributed by atoms with Crippen molar-refractivity contribution < 1.29 is 14.7 Å². The molecule has 0 bridgehead atoms. The molecule has 0 atom stereocenters. The lowest BCUT2D eigenvalue weighted by Crippen LogP contribution is -2.07. The van der Waals surface area contributed by atoms with Gasteiger partial charge in [-0.25, -0.2) is 4.79 Å². The standard InChI is InChI=1S/C17H15N3O3/c21-14-7-8-15(16-12(10-14)2-1-9-18-16)20-19-13-5-3-11(4-6-13)17(22)23/h1-6,9,19H,7-8,10H2,(H,22,23). The van der Waals surface area contributed by atoms with E-state index in [0.717, 1.165) is 17.0 Å².